The molecule has 0 spiro atoms. The number of halogens is 1. The molecule has 3 aromatic rings. The summed E-state index contributed by atoms with van der Waals surface area (Å²) in [7, 11) is 0. The molecule has 6 heteroatoms. The Balaban J connectivity index is 1.43. The number of aromatic nitrogens is 1. The fourth-order valence-corrected chi connectivity index (χ4v) is 4.60. The number of hydrogen-bond donors (Lipinski definition) is 0. The van der Waals surface area contributed by atoms with E-state index < -0.39 is 0 Å². The number of piperazine rings is 1. The number of rotatable bonds is 2. The topological polar surface area (TPSA) is 45.6 Å². The van der Waals surface area contributed by atoms with Crippen molar-refractivity contribution in [2.75, 3.05) is 31.1 Å². The number of hydrogen-bond acceptors (Lipinski definition) is 3. The molecule has 2 aliphatic rings. The number of nitrogens with zero attached hydrogens (tertiary/aromatic N) is 3. The molecular weight excluding hydrogens is 369 g/mol. The quantitative estimate of drug-likeness (QED) is 0.674. The second kappa shape index (κ2) is 6.72. The van der Waals surface area contributed by atoms with Gasteiger partial charge in [0, 0.05) is 43.8 Å². The van der Waals surface area contributed by atoms with Crippen LogP contribution in [0.25, 0.3) is 10.9 Å². The average molecular weight is 391 g/mol. The van der Waals surface area contributed by atoms with Gasteiger partial charge in [-0.25, -0.2) is 4.39 Å². The maximum absolute atomic E-state index is 14.1. The smallest absolute Gasteiger partial charge is 0.259 e. The van der Waals surface area contributed by atoms with Crippen LogP contribution in [0.1, 0.15) is 28.9 Å². The normalized spacial score (nSPS) is 18.5. The molecule has 2 aromatic carbocycles. The summed E-state index contributed by atoms with van der Waals surface area (Å²) in [5.41, 5.74) is 2.69. The number of carbonyl (C=O) groups is 1. The highest BCUT2D eigenvalue weighted by atomic mass is 19.1. The van der Waals surface area contributed by atoms with Crippen molar-refractivity contribution in [2.24, 2.45) is 0 Å². The molecule has 29 heavy (non-hydrogen) atoms. The second-order valence-corrected chi connectivity index (χ2v) is 7.88. The zero-order chi connectivity index (χ0) is 20.1. The number of para-hydroxylation sites is 2. The lowest BCUT2D eigenvalue weighted by Crippen LogP contribution is -2.49. The standard InChI is InChI=1S/C23H22FN3O2/c1-15-13-16-5-4-6-17-21(16)27(15)14-18(22(17)28)23(29)26-11-9-25(10-12-26)20-8-3-2-7-19(20)24/h2-8,14-15H,9-13H2,1H3/t15-/m1/s1. The highest BCUT2D eigenvalue weighted by molar-refractivity contribution is 5.98. The molecule has 5 nitrogen and oxygen atoms in total. The molecule has 1 atom stereocenters. The molecule has 2 aliphatic heterocycles. The van der Waals surface area contributed by atoms with Crippen molar-refractivity contribution in [3.05, 3.63) is 75.8 Å². The molecule has 0 aliphatic carbocycles. The maximum Gasteiger partial charge on any atom is 0.259 e. The highest BCUT2D eigenvalue weighted by Gasteiger charge is 2.28. The van der Waals surface area contributed by atoms with E-state index in [4.69, 9.17) is 0 Å². The Morgan fingerprint density at radius 2 is 1.79 bits per heavy atom. The van der Waals surface area contributed by atoms with Crippen LogP contribution < -0.4 is 10.3 Å². The predicted molar refractivity (Wildman–Crippen MR) is 111 cm³/mol. The van der Waals surface area contributed by atoms with Crippen molar-refractivity contribution in [3.63, 3.8) is 0 Å². The Morgan fingerprint density at radius 3 is 2.55 bits per heavy atom. The maximum atomic E-state index is 14.1. The van der Waals surface area contributed by atoms with E-state index in [0.29, 0.717) is 37.3 Å². The van der Waals surface area contributed by atoms with E-state index >= 15 is 0 Å². The fraction of sp³-hybridized carbons (Fsp3) is 0.304. The molecule has 148 valence electrons. The van der Waals surface area contributed by atoms with Gasteiger partial charge in [-0.3, -0.25) is 9.59 Å². The lowest BCUT2D eigenvalue weighted by atomic mass is 10.1. The van der Waals surface area contributed by atoms with E-state index in [1.165, 1.54) is 6.07 Å². The molecule has 3 heterocycles. The van der Waals surface area contributed by atoms with E-state index in [1.54, 1.807) is 23.2 Å². The van der Waals surface area contributed by atoms with Gasteiger partial charge in [-0.05, 0) is 37.1 Å². The number of anilines is 1. The second-order valence-electron chi connectivity index (χ2n) is 7.88. The van der Waals surface area contributed by atoms with Gasteiger partial charge in [-0.15, -0.1) is 0 Å². The summed E-state index contributed by atoms with van der Waals surface area (Å²) in [6.07, 6.45) is 2.60. The number of pyridine rings is 1. The van der Waals surface area contributed by atoms with Gasteiger partial charge in [0.25, 0.3) is 5.91 Å². The minimum atomic E-state index is -0.257. The van der Waals surface area contributed by atoms with Crippen molar-refractivity contribution >= 4 is 22.5 Å². The fourth-order valence-electron chi connectivity index (χ4n) is 4.60. The van der Waals surface area contributed by atoms with Gasteiger partial charge in [-0.2, -0.15) is 0 Å². The molecular formula is C23H22FN3O2. The van der Waals surface area contributed by atoms with E-state index in [0.717, 1.165) is 17.5 Å². The summed E-state index contributed by atoms with van der Waals surface area (Å²) >= 11 is 0. The van der Waals surface area contributed by atoms with E-state index in [2.05, 4.69) is 11.5 Å². The molecule has 1 aromatic heterocycles. The molecule has 1 saturated heterocycles. The number of carbonyl (C=O) groups excluding carboxylic acids is 1. The van der Waals surface area contributed by atoms with E-state index in [9.17, 15) is 14.0 Å². The third-order valence-electron chi connectivity index (χ3n) is 6.12. The third-order valence-corrected chi connectivity index (χ3v) is 6.12. The first kappa shape index (κ1) is 17.9. The highest BCUT2D eigenvalue weighted by Crippen LogP contribution is 2.31. The van der Waals surface area contributed by atoms with Crippen molar-refractivity contribution in [3.8, 4) is 0 Å². The van der Waals surface area contributed by atoms with Crippen LogP contribution >= 0.6 is 0 Å². The first-order valence-electron chi connectivity index (χ1n) is 10.00. The van der Waals surface area contributed by atoms with Crippen molar-refractivity contribution in [1.82, 2.24) is 9.47 Å². The summed E-state index contributed by atoms with van der Waals surface area (Å²) in [4.78, 5) is 29.9. The Bertz CT molecular complexity index is 1180. The van der Waals surface area contributed by atoms with Gasteiger partial charge in [0.15, 0.2) is 0 Å². The van der Waals surface area contributed by atoms with Crippen LogP contribution in [0.15, 0.2) is 53.5 Å². The monoisotopic (exact) mass is 391 g/mol. The minimum Gasteiger partial charge on any atom is -0.366 e. The van der Waals surface area contributed by atoms with Crippen molar-refractivity contribution in [1.29, 1.82) is 0 Å². The van der Waals surface area contributed by atoms with Gasteiger partial charge >= 0.3 is 0 Å². The van der Waals surface area contributed by atoms with E-state index in [-0.39, 0.29) is 28.8 Å². The summed E-state index contributed by atoms with van der Waals surface area (Å²) in [5, 5.41) is 0.614. The van der Waals surface area contributed by atoms with Crippen LogP contribution in [0.3, 0.4) is 0 Å². The zero-order valence-electron chi connectivity index (χ0n) is 16.3. The van der Waals surface area contributed by atoms with Crippen LogP contribution in [-0.2, 0) is 6.42 Å². The average Bonchev–Trinajstić information content (AvgIpc) is 3.06. The van der Waals surface area contributed by atoms with Crippen LogP contribution in [0.5, 0.6) is 0 Å². The Morgan fingerprint density at radius 1 is 1.03 bits per heavy atom. The van der Waals surface area contributed by atoms with Crippen LogP contribution in [0.2, 0.25) is 0 Å². The summed E-state index contributed by atoms with van der Waals surface area (Å²) in [6.45, 7) is 4.09. The van der Waals surface area contributed by atoms with Gasteiger partial charge < -0.3 is 14.4 Å². The first-order chi connectivity index (χ1) is 14.0. The molecule has 0 unspecified atom stereocenters. The zero-order valence-corrected chi connectivity index (χ0v) is 16.3. The summed E-state index contributed by atoms with van der Waals surface area (Å²) < 4.78 is 16.1. The Kier molecular flexibility index (Phi) is 4.15. The summed E-state index contributed by atoms with van der Waals surface area (Å²) in [6, 6.07) is 12.6. The molecule has 0 saturated carbocycles. The molecule has 0 bridgehead atoms. The van der Waals surface area contributed by atoms with Crippen LogP contribution in [-0.4, -0.2) is 41.6 Å². The molecule has 1 amide bonds. The Labute approximate surface area is 168 Å². The molecule has 0 radical (unpaired) electrons. The lowest BCUT2D eigenvalue weighted by Gasteiger charge is -2.36. The van der Waals surface area contributed by atoms with Gasteiger partial charge in [-0.1, -0.05) is 24.3 Å². The summed E-state index contributed by atoms with van der Waals surface area (Å²) in [5.74, 6) is -0.494. The lowest BCUT2D eigenvalue weighted by molar-refractivity contribution is 0.0744. The van der Waals surface area contributed by atoms with Crippen LogP contribution in [0, 0.1) is 5.82 Å². The largest absolute Gasteiger partial charge is 0.366 e. The molecule has 0 N–H and O–H groups in total. The number of benzene rings is 2. The third kappa shape index (κ3) is 2.82. The first-order valence-corrected chi connectivity index (χ1v) is 10.00. The van der Waals surface area contributed by atoms with Crippen LogP contribution in [0.4, 0.5) is 10.1 Å². The predicted octanol–water partition coefficient (Wildman–Crippen LogP) is 3.22. The minimum absolute atomic E-state index is 0.200. The van der Waals surface area contributed by atoms with Crippen molar-refractivity contribution in [2.45, 2.75) is 19.4 Å². The van der Waals surface area contributed by atoms with Gasteiger partial charge in [0.1, 0.15) is 11.4 Å². The Hall–Kier alpha value is -3.15. The van der Waals surface area contributed by atoms with E-state index in [1.807, 2.05) is 29.2 Å². The number of amides is 1. The SMILES string of the molecule is C[C@@H]1Cc2cccc3c(=O)c(C(=O)N4CCN(c5ccccc5F)CC4)cn1c23. The van der Waals surface area contributed by atoms with Crippen molar-refractivity contribution < 1.29 is 9.18 Å². The molecule has 1 fully saturated rings. The van der Waals surface area contributed by atoms with Gasteiger partial charge in [0.2, 0.25) is 5.43 Å². The molecule has 5 rings (SSSR count). The van der Waals surface area contributed by atoms with Gasteiger partial charge in [0.05, 0.1) is 11.2 Å².